The number of nitrogens with one attached hydrogen (secondary N) is 3. The zero-order chi connectivity index (χ0) is 28.4. The van der Waals surface area contributed by atoms with Gasteiger partial charge in [-0.25, -0.2) is 0 Å². The first-order chi connectivity index (χ1) is 18.6. The zero-order valence-electron chi connectivity index (χ0n) is 24.9. The van der Waals surface area contributed by atoms with Gasteiger partial charge in [0, 0.05) is 26.2 Å². The van der Waals surface area contributed by atoms with Gasteiger partial charge in [-0.2, -0.15) is 0 Å². The molecule has 1 saturated carbocycles. The lowest BCUT2D eigenvalue weighted by atomic mass is 9.53. The summed E-state index contributed by atoms with van der Waals surface area (Å²) in [4.78, 5) is 27.0. The Morgan fingerprint density at radius 2 is 1.87 bits per heavy atom. The fourth-order valence-corrected chi connectivity index (χ4v) is 5.81. The summed E-state index contributed by atoms with van der Waals surface area (Å²) in [5.41, 5.74) is 1.73. The van der Waals surface area contributed by atoms with Crippen molar-refractivity contribution in [3.8, 4) is 0 Å². The van der Waals surface area contributed by atoms with E-state index >= 15 is 0 Å². The molecule has 2 heterocycles. The molecule has 2 bridgehead atoms. The molecule has 8 heteroatoms. The normalized spacial score (nSPS) is 22.8. The number of benzene rings is 1. The van der Waals surface area contributed by atoms with E-state index in [2.05, 4.69) is 43.6 Å². The molecule has 0 spiro atoms. The van der Waals surface area contributed by atoms with Crippen LogP contribution < -0.4 is 16.0 Å². The minimum absolute atomic E-state index is 0.225. The minimum atomic E-state index is -0.737. The smallest absolute Gasteiger partial charge is 0.410 e. The van der Waals surface area contributed by atoms with Gasteiger partial charge in [0.2, 0.25) is 5.91 Å². The summed E-state index contributed by atoms with van der Waals surface area (Å²) in [6.07, 6.45) is 7.12. The van der Waals surface area contributed by atoms with Crippen LogP contribution in [-0.2, 0) is 25.3 Å². The molecule has 2 aliphatic heterocycles. The Hall–Kier alpha value is -2.32. The lowest BCUT2D eigenvalue weighted by Crippen LogP contribution is -2.57. The highest BCUT2D eigenvalue weighted by Crippen LogP contribution is 2.53. The number of hydrogen-bond donors (Lipinski definition) is 3. The lowest BCUT2D eigenvalue weighted by molar-refractivity contribution is -0.128. The van der Waals surface area contributed by atoms with Gasteiger partial charge < -0.3 is 25.3 Å². The molecule has 1 aliphatic carbocycles. The first-order valence-electron chi connectivity index (χ1n) is 14.9. The molecular weight excluding hydrogens is 489 g/mol. The summed E-state index contributed by atoms with van der Waals surface area (Å²) in [7, 11) is -0.519. The van der Waals surface area contributed by atoms with Crippen molar-refractivity contribution in [2.75, 3.05) is 19.8 Å². The molecule has 4 atom stereocenters. The molecule has 4 unspecified atom stereocenters. The molecule has 0 aromatic heterocycles. The van der Waals surface area contributed by atoms with Crippen LogP contribution in [0.2, 0.25) is 0 Å². The molecule has 1 aromatic rings. The average Bonchev–Trinajstić information content (AvgIpc) is 2.91. The van der Waals surface area contributed by atoms with Crippen molar-refractivity contribution in [2.45, 2.75) is 92.1 Å². The van der Waals surface area contributed by atoms with E-state index < -0.39 is 13.2 Å². The van der Waals surface area contributed by atoms with Crippen LogP contribution in [-0.4, -0.2) is 50.7 Å². The van der Waals surface area contributed by atoms with Gasteiger partial charge in [0.15, 0.2) is 0 Å². The van der Waals surface area contributed by atoms with Gasteiger partial charge in [-0.3, -0.25) is 9.59 Å². The highest BCUT2D eigenvalue weighted by atomic mass is 16.6. The van der Waals surface area contributed by atoms with E-state index in [1.165, 1.54) is 12.8 Å². The number of amides is 2. The number of fused-ring (bicyclic) bond motifs is 6. The van der Waals surface area contributed by atoms with Crippen molar-refractivity contribution < 1.29 is 18.9 Å². The summed E-state index contributed by atoms with van der Waals surface area (Å²) in [6, 6.07) is 9.06. The third-order valence-electron chi connectivity index (χ3n) is 8.50. The standard InChI is InChI=1S/C31H50BN3O4/c1-7-16-33-26(8-2)29(36)34-27(19-23-13-10-9-11-14-23)30(37)35-28(18-22(3)4)32-38-17-12-15-24-20-25(21-39-32)31(24,5)6/h8-11,13-14,22,24-25,27-28,33H,7,12,15-21H2,1-6H3,(H,34,36)(H,35,37)/b26-8-. The molecule has 7 nitrogen and oxygen atoms in total. The second kappa shape index (κ2) is 14.9. The second-order valence-electron chi connectivity index (χ2n) is 12.3. The number of carbonyl (C=O) groups excluding carboxylic acids is 2. The van der Waals surface area contributed by atoms with Crippen LogP contribution in [0.5, 0.6) is 0 Å². The molecule has 2 amide bonds. The molecular formula is C31H50BN3O4. The lowest BCUT2D eigenvalue weighted by Gasteiger charge is -2.53. The highest BCUT2D eigenvalue weighted by Gasteiger charge is 2.48. The highest BCUT2D eigenvalue weighted by molar-refractivity contribution is 6.47. The Bertz CT molecular complexity index is 950. The van der Waals surface area contributed by atoms with Crippen LogP contribution in [0.15, 0.2) is 42.1 Å². The molecule has 2 saturated heterocycles. The van der Waals surface area contributed by atoms with E-state index in [-0.39, 0.29) is 23.2 Å². The van der Waals surface area contributed by atoms with Crippen molar-refractivity contribution >= 4 is 18.9 Å². The Kier molecular flexibility index (Phi) is 11.9. The minimum Gasteiger partial charge on any atom is -0.410 e. The van der Waals surface area contributed by atoms with E-state index in [9.17, 15) is 9.59 Å². The van der Waals surface area contributed by atoms with Gasteiger partial charge in [0.05, 0.1) is 11.6 Å². The van der Waals surface area contributed by atoms with Crippen molar-refractivity contribution in [3.05, 3.63) is 47.7 Å². The van der Waals surface area contributed by atoms with Crippen LogP contribution in [0.4, 0.5) is 0 Å². The molecule has 3 aliphatic rings. The summed E-state index contributed by atoms with van der Waals surface area (Å²) < 4.78 is 12.7. The molecule has 4 rings (SSSR count). The summed E-state index contributed by atoms with van der Waals surface area (Å²) in [6.45, 7) is 14.8. The molecule has 0 radical (unpaired) electrons. The van der Waals surface area contributed by atoms with Crippen LogP contribution in [0.3, 0.4) is 0 Å². The van der Waals surface area contributed by atoms with Gasteiger partial charge in [-0.05, 0) is 67.8 Å². The largest absolute Gasteiger partial charge is 0.480 e. The second-order valence-corrected chi connectivity index (χ2v) is 12.3. The van der Waals surface area contributed by atoms with E-state index in [1.807, 2.05) is 44.2 Å². The third kappa shape index (κ3) is 8.84. The first kappa shape index (κ1) is 31.2. The van der Waals surface area contributed by atoms with Gasteiger partial charge in [-0.15, -0.1) is 0 Å². The molecule has 216 valence electrons. The van der Waals surface area contributed by atoms with Crippen LogP contribution in [0, 0.1) is 23.2 Å². The number of hydrogen-bond acceptors (Lipinski definition) is 5. The number of allylic oxidation sites excluding steroid dienone is 1. The first-order valence-corrected chi connectivity index (χ1v) is 14.9. The van der Waals surface area contributed by atoms with Gasteiger partial charge >= 0.3 is 7.12 Å². The predicted octanol–water partition coefficient (Wildman–Crippen LogP) is 4.66. The summed E-state index contributed by atoms with van der Waals surface area (Å²) in [5.74, 6) is 0.742. The molecule has 1 aromatic carbocycles. The van der Waals surface area contributed by atoms with E-state index in [0.29, 0.717) is 43.7 Å². The maximum atomic E-state index is 13.8. The number of rotatable bonds is 12. The third-order valence-corrected chi connectivity index (χ3v) is 8.50. The van der Waals surface area contributed by atoms with Gasteiger partial charge in [0.25, 0.3) is 5.91 Å². The average molecular weight is 540 g/mol. The van der Waals surface area contributed by atoms with Gasteiger partial charge in [-0.1, -0.05) is 71.0 Å². The van der Waals surface area contributed by atoms with E-state index in [4.69, 9.17) is 9.31 Å². The Morgan fingerprint density at radius 3 is 2.51 bits per heavy atom. The van der Waals surface area contributed by atoms with Crippen LogP contribution in [0.25, 0.3) is 0 Å². The summed E-state index contributed by atoms with van der Waals surface area (Å²) in [5, 5.41) is 9.38. The van der Waals surface area contributed by atoms with E-state index in [1.54, 1.807) is 6.08 Å². The van der Waals surface area contributed by atoms with Crippen molar-refractivity contribution in [1.82, 2.24) is 16.0 Å². The molecule has 39 heavy (non-hydrogen) atoms. The van der Waals surface area contributed by atoms with Gasteiger partial charge in [0.1, 0.15) is 6.04 Å². The zero-order valence-corrected chi connectivity index (χ0v) is 24.9. The monoisotopic (exact) mass is 539 g/mol. The van der Waals surface area contributed by atoms with Crippen molar-refractivity contribution in [3.63, 3.8) is 0 Å². The molecule has 3 fully saturated rings. The Labute approximate surface area is 236 Å². The van der Waals surface area contributed by atoms with Crippen LogP contribution in [0.1, 0.15) is 79.2 Å². The SMILES string of the molecule is C/C=C(\NCCC)C(=O)NC(Cc1ccccc1)C(=O)NC(CC(C)C)B1OCCCC2CC(CO1)C2(C)C. The Morgan fingerprint density at radius 1 is 1.13 bits per heavy atom. The van der Waals surface area contributed by atoms with Crippen molar-refractivity contribution in [1.29, 1.82) is 0 Å². The topological polar surface area (TPSA) is 88.7 Å². The maximum Gasteiger partial charge on any atom is 0.480 e. The van der Waals surface area contributed by atoms with Crippen molar-refractivity contribution in [2.24, 2.45) is 23.2 Å². The predicted molar refractivity (Wildman–Crippen MR) is 158 cm³/mol. The van der Waals surface area contributed by atoms with E-state index in [0.717, 1.165) is 30.7 Å². The fraction of sp³-hybridized carbons (Fsp3) is 0.677. The number of carbonyl (C=O) groups is 2. The summed E-state index contributed by atoms with van der Waals surface area (Å²) >= 11 is 0. The quantitative estimate of drug-likeness (QED) is 0.266. The Balaban J connectivity index is 1.77. The van der Waals surface area contributed by atoms with Crippen LogP contribution >= 0.6 is 0 Å². The fourth-order valence-electron chi connectivity index (χ4n) is 5.81. The maximum absolute atomic E-state index is 13.8. The molecule has 3 N–H and O–H groups in total.